The first kappa shape index (κ1) is 12.2. The van der Waals surface area contributed by atoms with Gasteiger partial charge >= 0.3 is 5.92 Å². The Labute approximate surface area is 98.3 Å². The van der Waals surface area contributed by atoms with E-state index in [2.05, 4.69) is 0 Å². The minimum Gasteiger partial charge on any atom is -0.378 e. The van der Waals surface area contributed by atoms with Gasteiger partial charge in [-0.05, 0) is 12.3 Å². The SMILES string of the molecule is CC(C)CC1(O)c2ccccc2C(=O)C1(F)F. The standard InChI is InChI=1S/C13H14F2O2/c1-8(2)7-12(17)10-6-4-3-5-9(10)11(16)13(12,14)15/h3-6,8,17H,7H2,1-2H3. The van der Waals surface area contributed by atoms with Gasteiger partial charge in [0.1, 0.15) is 0 Å². The lowest BCUT2D eigenvalue weighted by Gasteiger charge is -2.30. The van der Waals surface area contributed by atoms with E-state index in [0.29, 0.717) is 0 Å². The number of rotatable bonds is 2. The lowest BCUT2D eigenvalue weighted by atomic mass is 9.85. The summed E-state index contributed by atoms with van der Waals surface area (Å²) in [6, 6.07) is 5.81. The van der Waals surface area contributed by atoms with E-state index in [9.17, 15) is 18.7 Å². The summed E-state index contributed by atoms with van der Waals surface area (Å²) in [5.74, 6) is -5.15. The molecule has 1 aromatic rings. The van der Waals surface area contributed by atoms with Crippen molar-refractivity contribution in [3.05, 3.63) is 35.4 Å². The largest absolute Gasteiger partial charge is 0.378 e. The average molecular weight is 240 g/mol. The fourth-order valence-electron chi connectivity index (χ4n) is 2.40. The number of hydrogen-bond donors (Lipinski definition) is 1. The Morgan fingerprint density at radius 1 is 1.29 bits per heavy atom. The summed E-state index contributed by atoms with van der Waals surface area (Å²) < 4.78 is 27.9. The van der Waals surface area contributed by atoms with Crippen molar-refractivity contribution in [2.45, 2.75) is 31.8 Å². The molecule has 92 valence electrons. The van der Waals surface area contributed by atoms with E-state index in [4.69, 9.17) is 0 Å². The maximum atomic E-state index is 13.9. The molecular weight excluding hydrogens is 226 g/mol. The van der Waals surface area contributed by atoms with Crippen LogP contribution >= 0.6 is 0 Å². The quantitative estimate of drug-likeness (QED) is 0.863. The molecular formula is C13H14F2O2. The summed E-state index contributed by atoms with van der Waals surface area (Å²) in [7, 11) is 0. The van der Waals surface area contributed by atoms with Crippen LogP contribution in [0.4, 0.5) is 8.78 Å². The molecule has 1 unspecified atom stereocenters. The fourth-order valence-corrected chi connectivity index (χ4v) is 2.40. The Morgan fingerprint density at radius 2 is 1.88 bits per heavy atom. The molecule has 0 heterocycles. The number of alkyl halides is 2. The summed E-state index contributed by atoms with van der Waals surface area (Å²) in [4.78, 5) is 11.6. The first-order valence-electron chi connectivity index (χ1n) is 5.55. The van der Waals surface area contributed by atoms with Gasteiger partial charge in [-0.25, -0.2) is 0 Å². The second-order valence-corrected chi connectivity index (χ2v) is 4.91. The van der Waals surface area contributed by atoms with Gasteiger partial charge in [0.25, 0.3) is 0 Å². The minimum absolute atomic E-state index is 0.0451. The molecule has 0 radical (unpaired) electrons. The predicted octanol–water partition coefficient (Wildman–Crippen LogP) is 2.75. The molecule has 2 nitrogen and oxygen atoms in total. The molecule has 4 heteroatoms. The third-order valence-corrected chi connectivity index (χ3v) is 3.13. The number of carbonyl (C=O) groups is 1. The molecule has 1 aliphatic rings. The highest BCUT2D eigenvalue weighted by Crippen LogP contribution is 2.50. The monoisotopic (exact) mass is 240 g/mol. The van der Waals surface area contributed by atoms with Crippen LogP contribution in [0.2, 0.25) is 0 Å². The lowest BCUT2D eigenvalue weighted by molar-refractivity contribution is -0.157. The number of halogens is 2. The third kappa shape index (κ3) is 1.51. The summed E-state index contributed by atoms with van der Waals surface area (Å²) in [6.45, 7) is 3.47. The van der Waals surface area contributed by atoms with E-state index in [0.717, 1.165) is 0 Å². The van der Waals surface area contributed by atoms with Crippen LogP contribution in [0.1, 0.15) is 36.2 Å². The van der Waals surface area contributed by atoms with E-state index < -0.39 is 17.3 Å². The zero-order chi connectivity index (χ0) is 12.8. The van der Waals surface area contributed by atoms with Crippen molar-refractivity contribution in [3.8, 4) is 0 Å². The number of ketones is 1. The van der Waals surface area contributed by atoms with Crippen LogP contribution in [0.5, 0.6) is 0 Å². The molecule has 0 fully saturated rings. The number of benzene rings is 1. The summed E-state index contributed by atoms with van der Waals surface area (Å²) >= 11 is 0. The summed E-state index contributed by atoms with van der Waals surface area (Å²) in [6.07, 6.45) is -0.136. The van der Waals surface area contributed by atoms with E-state index in [1.165, 1.54) is 18.2 Å². The highest BCUT2D eigenvalue weighted by molar-refractivity contribution is 6.07. The van der Waals surface area contributed by atoms with Gasteiger partial charge in [0.05, 0.1) is 0 Å². The van der Waals surface area contributed by atoms with E-state index in [1.807, 2.05) is 0 Å². The van der Waals surface area contributed by atoms with Gasteiger partial charge in [-0.3, -0.25) is 4.79 Å². The van der Waals surface area contributed by atoms with Crippen LogP contribution in [-0.4, -0.2) is 16.8 Å². The van der Waals surface area contributed by atoms with Crippen LogP contribution in [-0.2, 0) is 5.60 Å². The van der Waals surface area contributed by atoms with Crippen molar-refractivity contribution in [2.75, 3.05) is 0 Å². The molecule has 2 rings (SSSR count). The normalized spacial score (nSPS) is 26.4. The van der Waals surface area contributed by atoms with Crippen LogP contribution < -0.4 is 0 Å². The average Bonchev–Trinajstić information content (AvgIpc) is 2.39. The fraction of sp³-hybridized carbons (Fsp3) is 0.462. The van der Waals surface area contributed by atoms with Gasteiger partial charge in [0.2, 0.25) is 5.78 Å². The van der Waals surface area contributed by atoms with Crippen LogP contribution in [0.3, 0.4) is 0 Å². The molecule has 1 aliphatic carbocycles. The van der Waals surface area contributed by atoms with Gasteiger partial charge in [-0.2, -0.15) is 8.78 Å². The molecule has 1 atom stereocenters. The first-order chi connectivity index (χ1) is 7.80. The second-order valence-electron chi connectivity index (χ2n) is 4.91. The van der Waals surface area contributed by atoms with E-state index >= 15 is 0 Å². The Hall–Kier alpha value is -1.29. The zero-order valence-electron chi connectivity index (χ0n) is 9.71. The molecule has 1 aromatic carbocycles. The van der Waals surface area contributed by atoms with Gasteiger partial charge < -0.3 is 5.11 Å². The number of carbonyl (C=O) groups excluding carboxylic acids is 1. The molecule has 0 aliphatic heterocycles. The number of Topliss-reactive ketones (excluding diaryl/α,β-unsaturated/α-hetero) is 1. The Kier molecular flexibility index (Phi) is 2.58. The molecule has 1 N–H and O–H groups in total. The minimum atomic E-state index is -3.74. The molecule has 0 amide bonds. The van der Waals surface area contributed by atoms with E-state index in [1.54, 1.807) is 19.9 Å². The highest BCUT2D eigenvalue weighted by Gasteiger charge is 2.65. The zero-order valence-corrected chi connectivity index (χ0v) is 9.71. The maximum absolute atomic E-state index is 13.9. The van der Waals surface area contributed by atoms with Crippen molar-refractivity contribution >= 4 is 5.78 Å². The van der Waals surface area contributed by atoms with Gasteiger partial charge in [0.15, 0.2) is 5.60 Å². The van der Waals surface area contributed by atoms with Gasteiger partial charge in [-0.15, -0.1) is 0 Å². The maximum Gasteiger partial charge on any atom is 0.341 e. The molecule has 0 spiro atoms. The van der Waals surface area contributed by atoms with Gasteiger partial charge in [0, 0.05) is 11.1 Å². The molecule has 0 aromatic heterocycles. The molecule has 0 saturated carbocycles. The molecule has 0 saturated heterocycles. The molecule has 0 bridgehead atoms. The number of fused-ring (bicyclic) bond motifs is 1. The number of hydrogen-bond acceptors (Lipinski definition) is 2. The Balaban J connectivity index is 2.62. The van der Waals surface area contributed by atoms with Crippen molar-refractivity contribution in [3.63, 3.8) is 0 Å². The Bertz CT molecular complexity index is 468. The topological polar surface area (TPSA) is 37.3 Å². The first-order valence-corrected chi connectivity index (χ1v) is 5.55. The highest BCUT2D eigenvalue weighted by atomic mass is 19.3. The third-order valence-electron chi connectivity index (χ3n) is 3.13. The predicted molar refractivity (Wildman–Crippen MR) is 59.1 cm³/mol. The smallest absolute Gasteiger partial charge is 0.341 e. The number of aliphatic hydroxyl groups is 1. The molecule has 17 heavy (non-hydrogen) atoms. The van der Waals surface area contributed by atoms with Crippen molar-refractivity contribution < 1.29 is 18.7 Å². The van der Waals surface area contributed by atoms with Crippen molar-refractivity contribution in [1.29, 1.82) is 0 Å². The summed E-state index contributed by atoms with van der Waals surface area (Å²) in [5.41, 5.74) is -2.39. The van der Waals surface area contributed by atoms with Gasteiger partial charge in [-0.1, -0.05) is 38.1 Å². The van der Waals surface area contributed by atoms with Crippen LogP contribution in [0, 0.1) is 5.92 Å². The van der Waals surface area contributed by atoms with E-state index in [-0.39, 0.29) is 23.5 Å². The van der Waals surface area contributed by atoms with Crippen molar-refractivity contribution in [1.82, 2.24) is 0 Å². The van der Waals surface area contributed by atoms with Crippen LogP contribution in [0.25, 0.3) is 0 Å². The second kappa shape index (κ2) is 3.60. The Morgan fingerprint density at radius 3 is 2.47 bits per heavy atom. The van der Waals surface area contributed by atoms with Crippen molar-refractivity contribution in [2.24, 2.45) is 5.92 Å². The summed E-state index contributed by atoms with van der Waals surface area (Å²) in [5, 5.41) is 10.2. The van der Waals surface area contributed by atoms with Crippen LogP contribution in [0.15, 0.2) is 24.3 Å². The lowest BCUT2D eigenvalue weighted by Crippen LogP contribution is -2.45.